The van der Waals surface area contributed by atoms with Gasteiger partial charge >= 0.3 is 0 Å². The molecule has 2 aromatic rings. The van der Waals surface area contributed by atoms with Gasteiger partial charge in [0.25, 0.3) is 0 Å². The van der Waals surface area contributed by atoms with Crippen molar-refractivity contribution in [3.63, 3.8) is 0 Å². The Kier molecular flexibility index (Phi) is 4.22. The third-order valence-electron chi connectivity index (χ3n) is 2.69. The molecule has 0 unspecified atom stereocenters. The molecule has 0 saturated carbocycles. The van der Waals surface area contributed by atoms with Gasteiger partial charge in [0.15, 0.2) is 5.82 Å². The average Bonchev–Trinajstić information content (AvgIpc) is 2.84. The van der Waals surface area contributed by atoms with Crippen LogP contribution < -0.4 is 5.32 Å². The maximum absolute atomic E-state index is 4.22. The van der Waals surface area contributed by atoms with E-state index in [0.717, 1.165) is 36.7 Å². The Morgan fingerprint density at radius 1 is 1.28 bits per heavy atom. The maximum Gasteiger partial charge on any atom is 0.152 e. The first-order valence-electron chi connectivity index (χ1n) is 6.25. The van der Waals surface area contributed by atoms with Crippen molar-refractivity contribution < 1.29 is 0 Å². The molecule has 18 heavy (non-hydrogen) atoms. The Morgan fingerprint density at radius 2 is 2.17 bits per heavy atom. The Labute approximate surface area is 106 Å². The summed E-state index contributed by atoms with van der Waals surface area (Å²) >= 11 is 0. The Hall–Kier alpha value is -1.98. The van der Waals surface area contributed by atoms with E-state index in [-0.39, 0.29) is 0 Å². The molecule has 0 aliphatic heterocycles. The van der Waals surface area contributed by atoms with Crippen LogP contribution in [-0.4, -0.2) is 24.7 Å². The van der Waals surface area contributed by atoms with E-state index in [2.05, 4.69) is 39.3 Å². The second-order valence-corrected chi connectivity index (χ2v) is 4.03. The molecule has 0 fully saturated rings. The normalized spacial score (nSPS) is 10.6. The van der Waals surface area contributed by atoms with E-state index in [4.69, 9.17) is 0 Å². The molecular formula is C12H18N6. The molecule has 0 aromatic carbocycles. The van der Waals surface area contributed by atoms with Gasteiger partial charge in [-0.2, -0.15) is 0 Å². The van der Waals surface area contributed by atoms with Crippen LogP contribution in [-0.2, 0) is 19.5 Å². The molecule has 96 valence electrons. The van der Waals surface area contributed by atoms with E-state index in [1.807, 2.05) is 10.6 Å². The van der Waals surface area contributed by atoms with Crippen LogP contribution in [0.3, 0.4) is 0 Å². The molecule has 2 rings (SSSR count). The van der Waals surface area contributed by atoms with Crippen molar-refractivity contribution in [2.24, 2.45) is 0 Å². The van der Waals surface area contributed by atoms with Crippen molar-refractivity contribution in [3.05, 3.63) is 30.2 Å². The van der Waals surface area contributed by atoms with E-state index in [9.17, 15) is 0 Å². The number of hydrogen-bond donors (Lipinski definition) is 1. The van der Waals surface area contributed by atoms with Crippen molar-refractivity contribution >= 4 is 5.82 Å². The van der Waals surface area contributed by atoms with Gasteiger partial charge in [0.1, 0.15) is 18.5 Å². The fraction of sp³-hybridized carbons (Fsp3) is 0.500. The predicted molar refractivity (Wildman–Crippen MR) is 69.0 cm³/mol. The van der Waals surface area contributed by atoms with E-state index in [1.54, 1.807) is 12.7 Å². The lowest BCUT2D eigenvalue weighted by Gasteiger charge is -2.07. The molecule has 2 heterocycles. The van der Waals surface area contributed by atoms with Crippen LogP contribution in [0.2, 0.25) is 0 Å². The summed E-state index contributed by atoms with van der Waals surface area (Å²) in [6.07, 6.45) is 5.39. The molecule has 0 amide bonds. The number of rotatable bonds is 6. The summed E-state index contributed by atoms with van der Waals surface area (Å²) in [5.74, 6) is 1.74. The number of aromatic nitrogens is 5. The predicted octanol–water partition coefficient (Wildman–Crippen LogP) is 1.65. The summed E-state index contributed by atoms with van der Waals surface area (Å²) < 4.78 is 2.00. The van der Waals surface area contributed by atoms with Gasteiger partial charge < -0.3 is 9.88 Å². The molecule has 6 nitrogen and oxygen atoms in total. The van der Waals surface area contributed by atoms with Crippen LogP contribution in [0, 0.1) is 0 Å². The van der Waals surface area contributed by atoms with Gasteiger partial charge in [-0.15, -0.1) is 10.2 Å². The number of anilines is 1. The summed E-state index contributed by atoms with van der Waals surface area (Å²) in [5, 5.41) is 11.2. The van der Waals surface area contributed by atoms with Gasteiger partial charge in [-0.05, 0) is 13.3 Å². The lowest BCUT2D eigenvalue weighted by Crippen LogP contribution is -2.09. The van der Waals surface area contributed by atoms with Crippen LogP contribution >= 0.6 is 0 Å². The first-order chi connectivity index (χ1) is 8.83. The van der Waals surface area contributed by atoms with Crippen LogP contribution in [0.25, 0.3) is 0 Å². The summed E-state index contributed by atoms with van der Waals surface area (Å²) in [7, 11) is 0. The van der Waals surface area contributed by atoms with E-state index >= 15 is 0 Å². The second kappa shape index (κ2) is 6.09. The number of aryl methyl sites for hydroxylation is 2. The zero-order valence-corrected chi connectivity index (χ0v) is 10.8. The van der Waals surface area contributed by atoms with Gasteiger partial charge in [0.2, 0.25) is 0 Å². The molecule has 0 aliphatic rings. The first-order valence-corrected chi connectivity index (χ1v) is 6.25. The number of nitrogens with one attached hydrogen (secondary N) is 1. The van der Waals surface area contributed by atoms with Crippen LogP contribution in [0.1, 0.15) is 31.8 Å². The highest BCUT2D eigenvalue weighted by molar-refractivity contribution is 5.34. The topological polar surface area (TPSA) is 68.5 Å². The number of hydrogen-bond acceptors (Lipinski definition) is 5. The summed E-state index contributed by atoms with van der Waals surface area (Å²) in [6.45, 7) is 5.70. The SMILES string of the molecule is CCCc1cc(NCc2nncn2CC)ncn1. The summed E-state index contributed by atoms with van der Waals surface area (Å²) in [5.41, 5.74) is 1.06. The van der Waals surface area contributed by atoms with Gasteiger partial charge in [-0.1, -0.05) is 13.3 Å². The molecule has 6 heteroatoms. The minimum atomic E-state index is 0.621. The molecule has 0 bridgehead atoms. The highest BCUT2D eigenvalue weighted by Gasteiger charge is 2.03. The van der Waals surface area contributed by atoms with Crippen LogP contribution in [0.4, 0.5) is 5.82 Å². The Bertz CT molecular complexity index is 493. The molecule has 0 radical (unpaired) electrons. The highest BCUT2D eigenvalue weighted by atomic mass is 15.3. The van der Waals surface area contributed by atoms with Crippen molar-refractivity contribution in [3.8, 4) is 0 Å². The molecular weight excluding hydrogens is 228 g/mol. The fourth-order valence-corrected chi connectivity index (χ4v) is 1.74. The monoisotopic (exact) mass is 246 g/mol. The molecule has 1 N–H and O–H groups in total. The van der Waals surface area contributed by atoms with Gasteiger partial charge in [0, 0.05) is 18.3 Å². The van der Waals surface area contributed by atoms with Crippen LogP contribution in [0.15, 0.2) is 18.7 Å². The van der Waals surface area contributed by atoms with E-state index in [0.29, 0.717) is 6.54 Å². The standard InChI is InChI=1S/C12H18N6/c1-3-5-10-6-11(15-8-14-10)13-7-12-17-16-9-18(12)4-2/h6,8-9H,3-5,7H2,1-2H3,(H,13,14,15). The summed E-state index contributed by atoms with van der Waals surface area (Å²) in [6, 6.07) is 1.98. The zero-order chi connectivity index (χ0) is 12.8. The van der Waals surface area contributed by atoms with Crippen molar-refractivity contribution in [2.45, 2.75) is 39.8 Å². The first kappa shape index (κ1) is 12.5. The third-order valence-corrected chi connectivity index (χ3v) is 2.69. The Morgan fingerprint density at radius 3 is 2.94 bits per heavy atom. The van der Waals surface area contributed by atoms with Crippen molar-refractivity contribution in [1.29, 1.82) is 0 Å². The van der Waals surface area contributed by atoms with Crippen molar-refractivity contribution in [1.82, 2.24) is 24.7 Å². The zero-order valence-electron chi connectivity index (χ0n) is 10.8. The molecule has 0 aliphatic carbocycles. The average molecular weight is 246 g/mol. The smallest absolute Gasteiger partial charge is 0.152 e. The lowest BCUT2D eigenvalue weighted by molar-refractivity contribution is 0.707. The largest absolute Gasteiger partial charge is 0.363 e. The van der Waals surface area contributed by atoms with E-state index in [1.165, 1.54) is 0 Å². The minimum absolute atomic E-state index is 0.621. The second-order valence-electron chi connectivity index (χ2n) is 4.03. The van der Waals surface area contributed by atoms with Crippen molar-refractivity contribution in [2.75, 3.05) is 5.32 Å². The van der Waals surface area contributed by atoms with E-state index < -0.39 is 0 Å². The fourth-order valence-electron chi connectivity index (χ4n) is 1.74. The third kappa shape index (κ3) is 3.03. The molecule has 0 spiro atoms. The quantitative estimate of drug-likeness (QED) is 0.839. The van der Waals surface area contributed by atoms with Gasteiger partial charge in [0.05, 0.1) is 6.54 Å². The minimum Gasteiger partial charge on any atom is -0.363 e. The Balaban J connectivity index is 1.99. The number of nitrogens with zero attached hydrogens (tertiary/aromatic N) is 5. The van der Waals surface area contributed by atoms with Crippen LogP contribution in [0.5, 0.6) is 0 Å². The van der Waals surface area contributed by atoms with Gasteiger partial charge in [-0.3, -0.25) is 0 Å². The molecule has 0 atom stereocenters. The molecule has 2 aromatic heterocycles. The molecule has 0 saturated heterocycles. The van der Waals surface area contributed by atoms with Gasteiger partial charge in [-0.25, -0.2) is 9.97 Å². The lowest BCUT2D eigenvalue weighted by atomic mass is 10.2. The maximum atomic E-state index is 4.22. The summed E-state index contributed by atoms with van der Waals surface area (Å²) in [4.78, 5) is 8.42. The highest BCUT2D eigenvalue weighted by Crippen LogP contribution is 2.07.